The normalized spacial score (nSPS) is 21.3. The molecule has 0 unspecified atom stereocenters. The third kappa shape index (κ3) is 6.69. The van der Waals surface area contributed by atoms with Crippen molar-refractivity contribution in [2.24, 2.45) is 5.92 Å². The minimum atomic E-state index is -0.389. The highest BCUT2D eigenvalue weighted by atomic mass is 16.6. The summed E-state index contributed by atoms with van der Waals surface area (Å²) >= 11 is 0. The van der Waals surface area contributed by atoms with Crippen LogP contribution in [0.15, 0.2) is 24.4 Å². The van der Waals surface area contributed by atoms with Gasteiger partial charge in [-0.15, -0.1) is 5.10 Å². The summed E-state index contributed by atoms with van der Waals surface area (Å²) in [6.07, 6.45) is 2.23. The Balaban J connectivity index is 1.47. The van der Waals surface area contributed by atoms with Crippen LogP contribution in [-0.4, -0.2) is 93.9 Å². The lowest BCUT2D eigenvalue weighted by Gasteiger charge is -2.35. The van der Waals surface area contributed by atoms with Gasteiger partial charge in [0.1, 0.15) is 13.2 Å². The van der Waals surface area contributed by atoms with E-state index in [0.717, 1.165) is 5.69 Å². The molecule has 0 saturated heterocycles. The van der Waals surface area contributed by atoms with Crippen molar-refractivity contribution in [3.63, 3.8) is 0 Å². The fourth-order valence-electron chi connectivity index (χ4n) is 4.44. The van der Waals surface area contributed by atoms with Crippen molar-refractivity contribution in [3.8, 4) is 11.5 Å². The second kappa shape index (κ2) is 12.2. The number of aryl methyl sites for hydroxylation is 1. The number of benzene rings is 1. The van der Waals surface area contributed by atoms with Crippen molar-refractivity contribution in [1.82, 2.24) is 24.8 Å². The predicted molar refractivity (Wildman–Crippen MR) is 134 cm³/mol. The third-order valence-corrected chi connectivity index (χ3v) is 6.73. The lowest BCUT2D eigenvalue weighted by atomic mass is 10.0. The molecule has 3 atom stereocenters. The zero-order valence-electron chi connectivity index (χ0n) is 21.6. The molecule has 2 aliphatic rings. The van der Waals surface area contributed by atoms with Gasteiger partial charge in [-0.05, 0) is 25.5 Å². The first kappa shape index (κ1) is 26.7. The van der Waals surface area contributed by atoms with Crippen molar-refractivity contribution in [2.75, 3.05) is 45.3 Å². The average molecular weight is 517 g/mol. The van der Waals surface area contributed by atoms with E-state index in [1.807, 2.05) is 13.8 Å². The second-order valence-electron chi connectivity index (χ2n) is 9.63. The van der Waals surface area contributed by atoms with Gasteiger partial charge in [0.15, 0.2) is 11.5 Å². The zero-order valence-corrected chi connectivity index (χ0v) is 21.6. The lowest BCUT2D eigenvalue weighted by Crippen LogP contribution is -2.48. The van der Waals surface area contributed by atoms with E-state index in [2.05, 4.69) is 15.6 Å². The van der Waals surface area contributed by atoms with Crippen LogP contribution in [-0.2, 0) is 22.7 Å². The maximum absolute atomic E-state index is 13.0. The molecule has 3 amide bonds. The van der Waals surface area contributed by atoms with E-state index in [-0.39, 0.29) is 49.8 Å². The Morgan fingerprint density at radius 2 is 2.08 bits per heavy atom. The van der Waals surface area contributed by atoms with Gasteiger partial charge in [0.05, 0.1) is 37.3 Å². The number of urea groups is 1. The standard InChI is InChI=1S/C25H36N6O6/c1-17-13-30(18(2)15-32)24(33)5-4-8-31-20(12-26-28-31)16-37-23(17)14-29(3)25(34)27-19-6-7-21-22(11-19)36-10-9-35-21/h6-7,11-12,17-18,23,32H,4-5,8-10,13-16H2,1-3H3,(H,27,34)/t17-,18+,23+/m1/s1. The van der Waals surface area contributed by atoms with Crippen LogP contribution in [0.25, 0.3) is 0 Å². The predicted octanol–water partition coefficient (Wildman–Crippen LogP) is 1.74. The first-order valence-electron chi connectivity index (χ1n) is 12.7. The topological polar surface area (TPSA) is 131 Å². The number of aliphatic hydroxyl groups excluding tert-OH is 1. The van der Waals surface area contributed by atoms with Crippen LogP contribution in [0.1, 0.15) is 32.4 Å². The molecule has 12 nitrogen and oxygen atoms in total. The number of aromatic nitrogens is 3. The molecule has 0 saturated carbocycles. The Bertz CT molecular complexity index is 1080. The van der Waals surface area contributed by atoms with Gasteiger partial charge in [0, 0.05) is 50.8 Å². The molecule has 0 spiro atoms. The van der Waals surface area contributed by atoms with E-state index < -0.39 is 0 Å². The van der Waals surface area contributed by atoms with Crippen molar-refractivity contribution in [1.29, 1.82) is 0 Å². The number of nitrogens with zero attached hydrogens (tertiary/aromatic N) is 5. The molecule has 2 N–H and O–H groups in total. The van der Waals surface area contributed by atoms with Crippen LogP contribution >= 0.6 is 0 Å². The third-order valence-electron chi connectivity index (χ3n) is 6.73. The van der Waals surface area contributed by atoms with E-state index in [1.165, 1.54) is 0 Å². The minimum Gasteiger partial charge on any atom is -0.486 e. The van der Waals surface area contributed by atoms with Crippen molar-refractivity contribution in [2.45, 2.75) is 52.0 Å². The number of fused-ring (bicyclic) bond motifs is 2. The number of hydrogen-bond donors (Lipinski definition) is 2. The first-order chi connectivity index (χ1) is 17.9. The van der Waals surface area contributed by atoms with Gasteiger partial charge in [-0.2, -0.15) is 0 Å². The molecule has 0 fully saturated rings. The van der Waals surface area contributed by atoms with Gasteiger partial charge in [-0.3, -0.25) is 4.79 Å². The second-order valence-corrected chi connectivity index (χ2v) is 9.63. The molecular formula is C25H36N6O6. The Labute approximate surface area is 216 Å². The number of aliphatic hydroxyl groups is 1. The summed E-state index contributed by atoms with van der Waals surface area (Å²) in [5.41, 5.74) is 1.41. The van der Waals surface area contributed by atoms with Crippen LogP contribution in [0.3, 0.4) is 0 Å². The maximum atomic E-state index is 13.0. The summed E-state index contributed by atoms with van der Waals surface area (Å²) in [5.74, 6) is 1.10. The van der Waals surface area contributed by atoms with E-state index in [0.29, 0.717) is 56.3 Å². The molecule has 1 aromatic heterocycles. The van der Waals surface area contributed by atoms with Gasteiger partial charge < -0.3 is 34.4 Å². The molecule has 202 valence electrons. The molecule has 0 aliphatic carbocycles. The van der Waals surface area contributed by atoms with Crippen LogP contribution in [0.2, 0.25) is 0 Å². The Hall–Kier alpha value is -3.38. The summed E-state index contributed by atoms with van der Waals surface area (Å²) in [6, 6.07) is 4.65. The van der Waals surface area contributed by atoms with Gasteiger partial charge >= 0.3 is 6.03 Å². The smallest absolute Gasteiger partial charge is 0.321 e. The average Bonchev–Trinajstić information content (AvgIpc) is 3.35. The quantitative estimate of drug-likeness (QED) is 0.614. The van der Waals surface area contributed by atoms with Crippen LogP contribution in [0, 0.1) is 5.92 Å². The highest BCUT2D eigenvalue weighted by Crippen LogP contribution is 2.32. The Morgan fingerprint density at radius 1 is 1.30 bits per heavy atom. The summed E-state index contributed by atoms with van der Waals surface area (Å²) < 4.78 is 19.2. The summed E-state index contributed by atoms with van der Waals surface area (Å²) in [5, 5.41) is 20.8. The molecule has 37 heavy (non-hydrogen) atoms. The number of carbonyl (C=O) groups excluding carboxylic acids is 2. The molecule has 3 heterocycles. The van der Waals surface area contributed by atoms with Crippen LogP contribution < -0.4 is 14.8 Å². The summed E-state index contributed by atoms with van der Waals surface area (Å²) in [4.78, 5) is 29.3. The number of rotatable bonds is 5. The van der Waals surface area contributed by atoms with Gasteiger partial charge in [0.25, 0.3) is 0 Å². The fraction of sp³-hybridized carbons (Fsp3) is 0.600. The Kier molecular flexibility index (Phi) is 8.82. The molecule has 2 aliphatic heterocycles. The van der Waals surface area contributed by atoms with E-state index in [1.54, 1.807) is 45.9 Å². The molecule has 2 aromatic rings. The molecule has 4 rings (SSSR count). The highest BCUT2D eigenvalue weighted by Gasteiger charge is 2.29. The number of nitrogens with one attached hydrogen (secondary N) is 1. The number of anilines is 1. The Morgan fingerprint density at radius 3 is 2.86 bits per heavy atom. The van der Waals surface area contributed by atoms with E-state index in [4.69, 9.17) is 14.2 Å². The summed E-state index contributed by atoms with van der Waals surface area (Å²) in [6.45, 7) is 6.16. The minimum absolute atomic E-state index is 0.0286. The lowest BCUT2D eigenvalue weighted by molar-refractivity contribution is -0.136. The van der Waals surface area contributed by atoms with Crippen molar-refractivity contribution < 1.29 is 28.9 Å². The number of carbonyl (C=O) groups is 2. The SMILES string of the molecule is C[C@@H]1CN([C@@H](C)CO)C(=O)CCCn2nncc2CO[C@H]1CN(C)C(=O)Nc1ccc2c(c1)OCCO2. The van der Waals surface area contributed by atoms with Crippen molar-refractivity contribution >= 4 is 17.6 Å². The van der Waals surface area contributed by atoms with Gasteiger partial charge in [0.2, 0.25) is 5.91 Å². The van der Waals surface area contributed by atoms with E-state index in [9.17, 15) is 14.7 Å². The van der Waals surface area contributed by atoms with Gasteiger partial charge in [-0.25, -0.2) is 9.48 Å². The zero-order chi connectivity index (χ0) is 26.4. The van der Waals surface area contributed by atoms with Gasteiger partial charge in [-0.1, -0.05) is 12.1 Å². The van der Waals surface area contributed by atoms with Crippen LogP contribution in [0.5, 0.6) is 11.5 Å². The van der Waals surface area contributed by atoms with E-state index >= 15 is 0 Å². The number of likely N-dealkylation sites (N-methyl/N-ethyl adjacent to an activating group) is 1. The van der Waals surface area contributed by atoms with Crippen molar-refractivity contribution in [3.05, 3.63) is 30.1 Å². The number of ether oxygens (including phenoxy) is 3. The fourth-order valence-corrected chi connectivity index (χ4v) is 4.44. The number of hydrogen-bond acceptors (Lipinski definition) is 8. The monoisotopic (exact) mass is 516 g/mol. The molecular weight excluding hydrogens is 480 g/mol. The highest BCUT2D eigenvalue weighted by molar-refractivity contribution is 5.89. The maximum Gasteiger partial charge on any atom is 0.321 e. The largest absolute Gasteiger partial charge is 0.486 e. The molecule has 1 aromatic carbocycles. The first-order valence-corrected chi connectivity index (χ1v) is 12.7. The van der Waals surface area contributed by atoms with Crippen LogP contribution in [0.4, 0.5) is 10.5 Å². The molecule has 12 heteroatoms. The molecule has 0 radical (unpaired) electrons. The summed E-state index contributed by atoms with van der Waals surface area (Å²) in [7, 11) is 1.70. The number of amides is 3. The molecule has 0 bridgehead atoms.